The minimum atomic E-state index is -3.90. The average molecular weight is 476 g/mol. The van der Waals surface area contributed by atoms with Crippen molar-refractivity contribution >= 4 is 38.1 Å². The van der Waals surface area contributed by atoms with E-state index in [1.807, 2.05) is 24.3 Å². The summed E-state index contributed by atoms with van der Waals surface area (Å²) < 4.78 is 33.2. The molecule has 150 valence electrons. The number of halogens is 1. The van der Waals surface area contributed by atoms with Crippen LogP contribution in [0.2, 0.25) is 0 Å². The smallest absolute Gasteiger partial charge is 0.255 e. The van der Waals surface area contributed by atoms with Gasteiger partial charge in [-0.1, -0.05) is 46.3 Å². The van der Waals surface area contributed by atoms with Crippen molar-refractivity contribution in [2.45, 2.75) is 11.4 Å². The highest BCUT2D eigenvalue weighted by molar-refractivity contribution is 9.10. The number of hydrazone groups is 1. The van der Waals surface area contributed by atoms with Gasteiger partial charge in [0.15, 0.2) is 0 Å². The van der Waals surface area contributed by atoms with Crippen LogP contribution < -0.4 is 5.43 Å². The monoisotopic (exact) mass is 475 g/mol. The van der Waals surface area contributed by atoms with Gasteiger partial charge in [0.25, 0.3) is 5.91 Å². The SMILES string of the molecule is O=C(CN(Cc1ccco1)S(=O)(=O)c1ccccc1)N/N=C\c1cccc(Br)c1. The number of hydrogen-bond donors (Lipinski definition) is 1. The molecular formula is C20H18BrN3O4S. The van der Waals surface area contributed by atoms with Crippen LogP contribution in [0.3, 0.4) is 0 Å². The van der Waals surface area contributed by atoms with Crippen molar-refractivity contribution in [1.82, 2.24) is 9.73 Å². The molecule has 0 saturated heterocycles. The Morgan fingerprint density at radius 2 is 1.90 bits per heavy atom. The standard InChI is InChI=1S/C20H18BrN3O4S/c21-17-7-4-6-16(12-17)13-22-23-20(25)15-24(14-18-8-5-11-28-18)29(26,27)19-9-2-1-3-10-19/h1-13H,14-15H2,(H,23,25)/b22-13-. The van der Waals surface area contributed by atoms with Crippen LogP contribution in [0, 0.1) is 0 Å². The van der Waals surface area contributed by atoms with Gasteiger partial charge in [0, 0.05) is 4.47 Å². The van der Waals surface area contributed by atoms with Gasteiger partial charge < -0.3 is 4.42 Å². The van der Waals surface area contributed by atoms with Gasteiger partial charge in [0.05, 0.1) is 30.5 Å². The summed E-state index contributed by atoms with van der Waals surface area (Å²) in [5.74, 6) is -0.141. The molecule has 1 N–H and O–H groups in total. The molecule has 0 aliphatic carbocycles. The second-order valence-electron chi connectivity index (χ2n) is 6.01. The maximum absolute atomic E-state index is 13.0. The number of nitrogens with zero attached hydrogens (tertiary/aromatic N) is 2. The Morgan fingerprint density at radius 3 is 2.59 bits per heavy atom. The van der Waals surface area contributed by atoms with Crippen molar-refractivity contribution < 1.29 is 17.6 Å². The number of carbonyl (C=O) groups excluding carboxylic acids is 1. The van der Waals surface area contributed by atoms with Crippen LogP contribution in [0.1, 0.15) is 11.3 Å². The minimum absolute atomic E-state index is 0.0764. The van der Waals surface area contributed by atoms with Crippen molar-refractivity contribution in [2.24, 2.45) is 5.10 Å². The molecule has 1 amide bonds. The molecular weight excluding hydrogens is 458 g/mol. The van der Waals surface area contributed by atoms with Crippen molar-refractivity contribution in [2.75, 3.05) is 6.54 Å². The first-order chi connectivity index (χ1) is 13.9. The predicted molar refractivity (Wildman–Crippen MR) is 113 cm³/mol. The van der Waals surface area contributed by atoms with E-state index in [4.69, 9.17) is 4.42 Å². The largest absolute Gasteiger partial charge is 0.468 e. The highest BCUT2D eigenvalue weighted by Crippen LogP contribution is 2.18. The van der Waals surface area contributed by atoms with E-state index in [1.165, 1.54) is 24.6 Å². The van der Waals surface area contributed by atoms with Gasteiger partial charge in [-0.15, -0.1) is 0 Å². The van der Waals surface area contributed by atoms with Gasteiger partial charge in [0.2, 0.25) is 10.0 Å². The van der Waals surface area contributed by atoms with Crippen molar-refractivity contribution in [3.63, 3.8) is 0 Å². The second-order valence-corrected chi connectivity index (χ2v) is 8.87. The Hall–Kier alpha value is -2.75. The fraction of sp³-hybridized carbons (Fsp3) is 0.100. The molecule has 9 heteroatoms. The second kappa shape index (κ2) is 9.64. The first-order valence-corrected chi connectivity index (χ1v) is 10.8. The van der Waals surface area contributed by atoms with Crippen LogP contribution in [0.4, 0.5) is 0 Å². The quantitative estimate of drug-likeness (QED) is 0.399. The fourth-order valence-electron chi connectivity index (χ4n) is 2.50. The van der Waals surface area contributed by atoms with Crippen LogP contribution >= 0.6 is 15.9 Å². The number of benzene rings is 2. The summed E-state index contributed by atoms with van der Waals surface area (Å²) in [4.78, 5) is 12.4. The third-order valence-corrected chi connectivity index (χ3v) is 6.16. The molecule has 0 aliphatic rings. The topological polar surface area (TPSA) is 92.0 Å². The molecule has 2 aromatic carbocycles. The molecule has 7 nitrogen and oxygen atoms in total. The number of nitrogens with one attached hydrogen (secondary N) is 1. The van der Waals surface area contributed by atoms with Crippen molar-refractivity contribution in [3.05, 3.63) is 88.8 Å². The summed E-state index contributed by atoms with van der Waals surface area (Å²) in [6.45, 7) is -0.485. The molecule has 0 aliphatic heterocycles. The van der Waals surface area contributed by atoms with Gasteiger partial charge in [-0.3, -0.25) is 4.79 Å². The van der Waals surface area contributed by atoms with E-state index < -0.39 is 22.5 Å². The number of rotatable bonds is 8. The lowest BCUT2D eigenvalue weighted by Crippen LogP contribution is -2.38. The van der Waals surface area contributed by atoms with E-state index in [-0.39, 0.29) is 11.4 Å². The zero-order chi connectivity index (χ0) is 20.7. The molecule has 0 unspecified atom stereocenters. The maximum atomic E-state index is 13.0. The normalized spacial score (nSPS) is 11.8. The van der Waals surface area contributed by atoms with E-state index in [9.17, 15) is 13.2 Å². The molecule has 0 bridgehead atoms. The van der Waals surface area contributed by atoms with Crippen LogP contribution in [0.25, 0.3) is 0 Å². The lowest BCUT2D eigenvalue weighted by molar-refractivity contribution is -0.121. The van der Waals surface area contributed by atoms with Crippen LogP contribution in [-0.4, -0.2) is 31.4 Å². The first-order valence-electron chi connectivity index (χ1n) is 8.60. The number of furan rings is 1. The van der Waals surface area contributed by atoms with E-state index >= 15 is 0 Å². The molecule has 29 heavy (non-hydrogen) atoms. The molecule has 0 atom stereocenters. The molecule has 0 saturated carbocycles. The highest BCUT2D eigenvalue weighted by atomic mass is 79.9. The zero-order valence-electron chi connectivity index (χ0n) is 15.2. The van der Waals surface area contributed by atoms with E-state index in [2.05, 4.69) is 26.5 Å². The Labute approximate surface area is 177 Å². The molecule has 1 heterocycles. The van der Waals surface area contributed by atoms with Crippen LogP contribution in [-0.2, 0) is 21.4 Å². The minimum Gasteiger partial charge on any atom is -0.468 e. The summed E-state index contributed by atoms with van der Waals surface area (Å²) in [5.41, 5.74) is 3.14. The van der Waals surface area contributed by atoms with Gasteiger partial charge >= 0.3 is 0 Å². The number of carbonyl (C=O) groups is 1. The maximum Gasteiger partial charge on any atom is 0.255 e. The lowest BCUT2D eigenvalue weighted by Gasteiger charge is -2.20. The number of hydrogen-bond acceptors (Lipinski definition) is 5. The summed E-state index contributed by atoms with van der Waals surface area (Å²) in [6.07, 6.45) is 2.93. The molecule has 0 radical (unpaired) electrons. The van der Waals surface area contributed by atoms with Gasteiger partial charge in [0.1, 0.15) is 5.76 Å². The average Bonchev–Trinajstić information content (AvgIpc) is 3.21. The van der Waals surface area contributed by atoms with Crippen molar-refractivity contribution in [1.29, 1.82) is 0 Å². The third kappa shape index (κ3) is 5.86. The molecule has 3 aromatic rings. The van der Waals surface area contributed by atoms with Crippen molar-refractivity contribution in [3.8, 4) is 0 Å². The third-order valence-electron chi connectivity index (χ3n) is 3.86. The summed E-state index contributed by atoms with van der Waals surface area (Å²) in [5, 5.41) is 3.90. The van der Waals surface area contributed by atoms with E-state index in [0.717, 1.165) is 14.3 Å². The van der Waals surface area contributed by atoms with E-state index in [1.54, 1.807) is 30.3 Å². The zero-order valence-corrected chi connectivity index (χ0v) is 17.6. The molecule has 1 aromatic heterocycles. The predicted octanol–water partition coefficient (Wildman–Crippen LogP) is 3.38. The Morgan fingerprint density at radius 1 is 1.10 bits per heavy atom. The first kappa shape index (κ1) is 21.0. The van der Waals surface area contributed by atoms with Gasteiger partial charge in [-0.05, 0) is 42.0 Å². The Bertz CT molecular complexity index is 1080. The van der Waals surface area contributed by atoms with Gasteiger partial charge in [-0.2, -0.15) is 9.41 Å². The van der Waals surface area contributed by atoms with E-state index in [0.29, 0.717) is 5.76 Å². The Balaban J connectivity index is 1.73. The summed E-state index contributed by atoms with van der Waals surface area (Å²) >= 11 is 3.36. The van der Waals surface area contributed by atoms with Crippen LogP contribution in [0.5, 0.6) is 0 Å². The molecule has 0 fully saturated rings. The highest BCUT2D eigenvalue weighted by Gasteiger charge is 2.27. The summed E-state index contributed by atoms with van der Waals surface area (Å²) in [6, 6.07) is 18.6. The van der Waals surface area contributed by atoms with Gasteiger partial charge in [-0.25, -0.2) is 13.8 Å². The fourth-order valence-corrected chi connectivity index (χ4v) is 4.31. The summed E-state index contributed by atoms with van der Waals surface area (Å²) in [7, 11) is -3.90. The number of amides is 1. The molecule has 0 spiro atoms. The Kier molecular flexibility index (Phi) is 6.97. The lowest BCUT2D eigenvalue weighted by atomic mass is 10.2. The van der Waals surface area contributed by atoms with Crippen LogP contribution in [0.15, 0.2) is 91.9 Å². The molecule has 3 rings (SSSR count). The number of sulfonamides is 1.